The van der Waals surface area contributed by atoms with Crippen molar-refractivity contribution in [3.05, 3.63) is 41.2 Å². The number of hydrogen-bond donors (Lipinski definition) is 1. The van der Waals surface area contributed by atoms with Crippen molar-refractivity contribution in [3.63, 3.8) is 0 Å². The molecule has 0 heterocycles. The standard InChI is InChI=1S/C12H7FO2/c13-12-9(15)5-7-3-1-2-6-4-8(14)11(12)10(6)7/h1-3,5,15H,4H2. The lowest BCUT2D eigenvalue weighted by Gasteiger charge is -2.03. The van der Waals surface area contributed by atoms with E-state index in [0.717, 1.165) is 5.56 Å². The van der Waals surface area contributed by atoms with Gasteiger partial charge in [-0.1, -0.05) is 18.2 Å². The number of carbonyl (C=O) groups excluding carboxylic acids is 1. The number of rotatable bonds is 0. The van der Waals surface area contributed by atoms with Gasteiger partial charge in [0, 0.05) is 6.42 Å². The molecule has 0 atom stereocenters. The van der Waals surface area contributed by atoms with Gasteiger partial charge in [0.15, 0.2) is 17.3 Å². The molecule has 2 nitrogen and oxygen atoms in total. The van der Waals surface area contributed by atoms with Crippen molar-refractivity contribution in [2.24, 2.45) is 0 Å². The van der Waals surface area contributed by atoms with E-state index in [4.69, 9.17) is 0 Å². The van der Waals surface area contributed by atoms with Gasteiger partial charge < -0.3 is 5.11 Å². The van der Waals surface area contributed by atoms with Gasteiger partial charge in [0.25, 0.3) is 0 Å². The van der Waals surface area contributed by atoms with E-state index in [2.05, 4.69) is 0 Å². The van der Waals surface area contributed by atoms with Gasteiger partial charge in [0.1, 0.15) is 0 Å². The number of carbonyl (C=O) groups is 1. The average Bonchev–Trinajstić information content (AvgIpc) is 2.53. The van der Waals surface area contributed by atoms with Gasteiger partial charge in [-0.2, -0.15) is 0 Å². The van der Waals surface area contributed by atoms with Crippen LogP contribution in [0.2, 0.25) is 0 Å². The number of halogens is 1. The lowest BCUT2D eigenvalue weighted by atomic mass is 10.0. The minimum absolute atomic E-state index is 0.0422. The first-order valence-electron chi connectivity index (χ1n) is 4.65. The highest BCUT2D eigenvalue weighted by Gasteiger charge is 2.27. The molecule has 0 saturated heterocycles. The van der Waals surface area contributed by atoms with Crippen molar-refractivity contribution in [2.75, 3.05) is 0 Å². The Balaban J connectivity index is 2.59. The molecule has 1 aliphatic carbocycles. The minimum atomic E-state index is -0.794. The zero-order chi connectivity index (χ0) is 10.6. The number of ketones is 1. The van der Waals surface area contributed by atoms with Crippen molar-refractivity contribution < 1.29 is 14.3 Å². The molecule has 0 spiro atoms. The fraction of sp³-hybridized carbons (Fsp3) is 0.0833. The molecule has 3 rings (SSSR count). The second-order valence-corrected chi connectivity index (χ2v) is 3.70. The maximum atomic E-state index is 13.5. The van der Waals surface area contributed by atoms with Crippen molar-refractivity contribution in [1.82, 2.24) is 0 Å². The molecule has 1 N–H and O–H groups in total. The Morgan fingerprint density at radius 2 is 2.13 bits per heavy atom. The highest BCUT2D eigenvalue weighted by Crippen LogP contribution is 2.36. The summed E-state index contributed by atoms with van der Waals surface area (Å²) in [5, 5.41) is 10.7. The van der Waals surface area contributed by atoms with Gasteiger partial charge in [-0.25, -0.2) is 4.39 Å². The topological polar surface area (TPSA) is 37.3 Å². The average molecular weight is 202 g/mol. The van der Waals surface area contributed by atoms with Crippen molar-refractivity contribution in [3.8, 4) is 5.75 Å². The molecule has 0 aromatic heterocycles. The zero-order valence-corrected chi connectivity index (χ0v) is 7.75. The first-order valence-corrected chi connectivity index (χ1v) is 4.65. The number of Topliss-reactive ketones (excluding diaryl/α,β-unsaturated/α-hetero) is 1. The summed E-state index contributed by atoms with van der Waals surface area (Å²) in [4.78, 5) is 11.6. The second kappa shape index (κ2) is 2.57. The third kappa shape index (κ3) is 0.947. The number of phenols is 1. The Bertz CT molecular complexity index is 602. The van der Waals surface area contributed by atoms with Gasteiger partial charge in [0.05, 0.1) is 5.56 Å². The van der Waals surface area contributed by atoms with E-state index in [1.807, 2.05) is 6.07 Å². The van der Waals surface area contributed by atoms with Crippen LogP contribution in [0.5, 0.6) is 5.75 Å². The largest absolute Gasteiger partial charge is 0.505 e. The number of benzene rings is 2. The SMILES string of the molecule is O=C1Cc2cccc3cc(O)c(F)c1c23. The van der Waals surface area contributed by atoms with Gasteiger partial charge in [0.2, 0.25) is 0 Å². The van der Waals surface area contributed by atoms with Gasteiger partial charge in [-0.3, -0.25) is 4.79 Å². The first kappa shape index (κ1) is 8.41. The lowest BCUT2D eigenvalue weighted by Crippen LogP contribution is -1.98. The lowest BCUT2D eigenvalue weighted by molar-refractivity contribution is 0.0995. The van der Waals surface area contributed by atoms with Crippen LogP contribution in [0.25, 0.3) is 10.8 Å². The molecule has 15 heavy (non-hydrogen) atoms. The molecule has 0 aliphatic heterocycles. The molecule has 0 saturated carbocycles. The summed E-state index contributed by atoms with van der Waals surface area (Å²) >= 11 is 0. The fourth-order valence-corrected chi connectivity index (χ4v) is 2.16. The predicted octanol–water partition coefficient (Wildman–Crippen LogP) is 2.42. The number of phenolic OH excluding ortho intramolecular Hbond substituents is 1. The Morgan fingerprint density at radius 3 is 2.93 bits per heavy atom. The molecule has 2 aromatic rings. The van der Waals surface area contributed by atoms with Crippen LogP contribution in [-0.2, 0) is 6.42 Å². The van der Waals surface area contributed by atoms with Crippen LogP contribution in [-0.4, -0.2) is 10.9 Å². The van der Waals surface area contributed by atoms with E-state index < -0.39 is 11.6 Å². The highest BCUT2D eigenvalue weighted by molar-refractivity contribution is 6.16. The molecular formula is C12H7FO2. The smallest absolute Gasteiger partial charge is 0.176 e. The number of aromatic hydroxyl groups is 1. The third-order valence-electron chi connectivity index (χ3n) is 2.80. The van der Waals surface area contributed by atoms with E-state index in [9.17, 15) is 14.3 Å². The van der Waals surface area contributed by atoms with Crippen molar-refractivity contribution >= 4 is 16.6 Å². The molecule has 2 aromatic carbocycles. The van der Waals surface area contributed by atoms with Gasteiger partial charge in [-0.05, 0) is 22.4 Å². The summed E-state index contributed by atoms with van der Waals surface area (Å²) in [5.41, 5.74) is 0.881. The predicted molar refractivity (Wildman–Crippen MR) is 53.6 cm³/mol. The van der Waals surface area contributed by atoms with Crippen LogP contribution in [0.15, 0.2) is 24.3 Å². The minimum Gasteiger partial charge on any atom is -0.505 e. The Labute approximate surface area is 85.0 Å². The Kier molecular flexibility index (Phi) is 1.44. The zero-order valence-electron chi connectivity index (χ0n) is 7.75. The highest BCUT2D eigenvalue weighted by atomic mass is 19.1. The van der Waals surface area contributed by atoms with Crippen LogP contribution in [0.1, 0.15) is 15.9 Å². The summed E-state index contributed by atoms with van der Waals surface area (Å²) in [6.07, 6.45) is 0.229. The molecule has 74 valence electrons. The molecule has 0 radical (unpaired) electrons. The van der Waals surface area contributed by atoms with Gasteiger partial charge in [-0.15, -0.1) is 0 Å². The normalized spacial score (nSPS) is 13.8. The van der Waals surface area contributed by atoms with E-state index >= 15 is 0 Å². The molecule has 0 bridgehead atoms. The fourth-order valence-electron chi connectivity index (χ4n) is 2.16. The summed E-state index contributed by atoms with van der Waals surface area (Å²) in [5.74, 6) is -1.50. The number of hydrogen-bond acceptors (Lipinski definition) is 2. The van der Waals surface area contributed by atoms with Crippen LogP contribution >= 0.6 is 0 Å². The van der Waals surface area contributed by atoms with E-state index in [-0.39, 0.29) is 17.8 Å². The van der Waals surface area contributed by atoms with Crippen LogP contribution in [0.3, 0.4) is 0 Å². The van der Waals surface area contributed by atoms with E-state index in [0.29, 0.717) is 10.8 Å². The molecule has 0 fully saturated rings. The summed E-state index contributed by atoms with van der Waals surface area (Å²) in [7, 11) is 0. The monoisotopic (exact) mass is 202 g/mol. The molecule has 0 unspecified atom stereocenters. The van der Waals surface area contributed by atoms with Crippen LogP contribution < -0.4 is 0 Å². The maximum absolute atomic E-state index is 13.5. The Morgan fingerprint density at radius 1 is 1.33 bits per heavy atom. The van der Waals surface area contributed by atoms with Crippen LogP contribution in [0.4, 0.5) is 4.39 Å². The molecular weight excluding hydrogens is 195 g/mol. The second-order valence-electron chi connectivity index (χ2n) is 3.70. The first-order chi connectivity index (χ1) is 7.18. The van der Waals surface area contributed by atoms with E-state index in [1.54, 1.807) is 12.1 Å². The summed E-state index contributed by atoms with van der Waals surface area (Å²) < 4.78 is 13.5. The van der Waals surface area contributed by atoms with Crippen LogP contribution in [0, 0.1) is 5.82 Å². The molecule has 0 amide bonds. The third-order valence-corrected chi connectivity index (χ3v) is 2.80. The summed E-state index contributed by atoms with van der Waals surface area (Å²) in [6.45, 7) is 0. The summed E-state index contributed by atoms with van der Waals surface area (Å²) in [6, 6.07) is 6.74. The quantitative estimate of drug-likeness (QED) is 0.712. The Hall–Kier alpha value is -1.90. The molecule has 3 heteroatoms. The molecule has 1 aliphatic rings. The van der Waals surface area contributed by atoms with E-state index in [1.165, 1.54) is 6.07 Å². The maximum Gasteiger partial charge on any atom is 0.176 e. The van der Waals surface area contributed by atoms with Gasteiger partial charge >= 0.3 is 0 Å². The van der Waals surface area contributed by atoms with Crippen molar-refractivity contribution in [1.29, 1.82) is 0 Å². The van der Waals surface area contributed by atoms with Crippen molar-refractivity contribution in [2.45, 2.75) is 6.42 Å².